The summed E-state index contributed by atoms with van der Waals surface area (Å²) in [4.78, 5) is 0. The monoisotopic (exact) mass is 280 g/mol. The molecular formula is C19H36O. The van der Waals surface area contributed by atoms with Crippen LogP contribution in [0.5, 0.6) is 0 Å². The zero-order valence-electron chi connectivity index (χ0n) is 14.5. The van der Waals surface area contributed by atoms with Gasteiger partial charge in [0.1, 0.15) is 0 Å². The maximum Gasteiger partial charge on any atom is 0.0581 e. The molecule has 0 aromatic carbocycles. The molecule has 0 radical (unpaired) electrons. The molecule has 1 aliphatic carbocycles. The Kier molecular flexibility index (Phi) is 5.21. The predicted molar refractivity (Wildman–Crippen MR) is 86.9 cm³/mol. The number of hydrogen-bond acceptors (Lipinski definition) is 1. The van der Waals surface area contributed by atoms with Gasteiger partial charge in [-0.1, -0.05) is 47.5 Å². The summed E-state index contributed by atoms with van der Waals surface area (Å²) in [5.41, 5.74) is 0.975. The SMILES string of the molecule is CC(C)(C)CC1CCC(CC(C)(C)C[C@H]2CCCO2)C1. The van der Waals surface area contributed by atoms with Gasteiger partial charge in [-0.3, -0.25) is 0 Å². The van der Waals surface area contributed by atoms with Crippen LogP contribution < -0.4 is 0 Å². The van der Waals surface area contributed by atoms with Gasteiger partial charge < -0.3 is 4.74 Å². The van der Waals surface area contributed by atoms with E-state index in [-0.39, 0.29) is 0 Å². The Balaban J connectivity index is 1.75. The van der Waals surface area contributed by atoms with Crippen molar-refractivity contribution >= 4 is 0 Å². The van der Waals surface area contributed by atoms with E-state index in [9.17, 15) is 0 Å². The van der Waals surface area contributed by atoms with Crippen LogP contribution in [-0.2, 0) is 4.74 Å². The van der Waals surface area contributed by atoms with Gasteiger partial charge >= 0.3 is 0 Å². The molecule has 1 saturated heterocycles. The van der Waals surface area contributed by atoms with Gasteiger partial charge in [0.05, 0.1) is 6.10 Å². The standard InChI is InChI=1S/C19H36O/c1-18(2,3)12-15-8-9-16(11-15)13-19(4,5)14-17-7-6-10-20-17/h15-17H,6-14H2,1-5H3/t15?,16?,17-/m1/s1. The second-order valence-electron chi connectivity index (χ2n) is 9.52. The van der Waals surface area contributed by atoms with Crippen molar-refractivity contribution in [2.24, 2.45) is 22.7 Å². The van der Waals surface area contributed by atoms with Crippen LogP contribution in [0.3, 0.4) is 0 Å². The van der Waals surface area contributed by atoms with E-state index >= 15 is 0 Å². The molecular weight excluding hydrogens is 244 g/mol. The molecule has 0 aromatic heterocycles. The van der Waals surface area contributed by atoms with E-state index in [0.717, 1.165) is 18.4 Å². The molecule has 1 heterocycles. The average molecular weight is 280 g/mol. The Labute approximate surface area is 126 Å². The summed E-state index contributed by atoms with van der Waals surface area (Å²) in [6, 6.07) is 0. The van der Waals surface area contributed by atoms with Gasteiger partial charge in [0.25, 0.3) is 0 Å². The fourth-order valence-corrected chi connectivity index (χ4v) is 4.70. The number of rotatable bonds is 5. The van der Waals surface area contributed by atoms with Gasteiger partial charge in [0, 0.05) is 6.61 Å². The first kappa shape index (κ1) is 16.3. The fraction of sp³-hybridized carbons (Fsp3) is 1.00. The van der Waals surface area contributed by atoms with Crippen LogP contribution in [0.25, 0.3) is 0 Å². The topological polar surface area (TPSA) is 9.23 Å². The Hall–Kier alpha value is -0.0400. The quantitative estimate of drug-likeness (QED) is 0.616. The zero-order valence-corrected chi connectivity index (χ0v) is 14.5. The van der Waals surface area contributed by atoms with E-state index < -0.39 is 0 Å². The van der Waals surface area contributed by atoms with E-state index in [1.807, 2.05) is 0 Å². The Morgan fingerprint density at radius 3 is 2.05 bits per heavy atom. The van der Waals surface area contributed by atoms with Crippen LogP contribution >= 0.6 is 0 Å². The molecule has 0 N–H and O–H groups in total. The minimum Gasteiger partial charge on any atom is -0.378 e. The van der Waals surface area contributed by atoms with Crippen molar-refractivity contribution in [3.05, 3.63) is 0 Å². The first-order valence-electron chi connectivity index (χ1n) is 8.85. The van der Waals surface area contributed by atoms with E-state index in [1.54, 1.807) is 0 Å². The summed E-state index contributed by atoms with van der Waals surface area (Å²) in [5, 5.41) is 0. The van der Waals surface area contributed by atoms with E-state index in [4.69, 9.17) is 4.74 Å². The van der Waals surface area contributed by atoms with Crippen molar-refractivity contribution in [2.45, 2.75) is 92.1 Å². The van der Waals surface area contributed by atoms with Crippen molar-refractivity contribution in [1.82, 2.24) is 0 Å². The third-order valence-electron chi connectivity index (χ3n) is 5.20. The highest BCUT2D eigenvalue weighted by Crippen LogP contribution is 2.44. The third kappa shape index (κ3) is 5.39. The molecule has 0 spiro atoms. The Morgan fingerprint density at radius 1 is 0.850 bits per heavy atom. The molecule has 20 heavy (non-hydrogen) atoms. The highest BCUT2D eigenvalue weighted by molar-refractivity contribution is 4.85. The van der Waals surface area contributed by atoms with Crippen LogP contribution in [0.1, 0.15) is 86.0 Å². The summed E-state index contributed by atoms with van der Waals surface area (Å²) in [6.45, 7) is 13.1. The first-order valence-corrected chi connectivity index (χ1v) is 8.85. The van der Waals surface area contributed by atoms with Gasteiger partial charge in [-0.05, 0) is 61.2 Å². The van der Waals surface area contributed by atoms with Crippen molar-refractivity contribution in [2.75, 3.05) is 6.61 Å². The second-order valence-corrected chi connectivity index (χ2v) is 9.52. The van der Waals surface area contributed by atoms with Gasteiger partial charge in [-0.2, -0.15) is 0 Å². The average Bonchev–Trinajstić information content (AvgIpc) is 2.87. The fourth-order valence-electron chi connectivity index (χ4n) is 4.70. The van der Waals surface area contributed by atoms with Gasteiger partial charge in [0.15, 0.2) is 0 Å². The summed E-state index contributed by atoms with van der Waals surface area (Å²) < 4.78 is 5.84. The Morgan fingerprint density at radius 2 is 1.50 bits per heavy atom. The highest BCUT2D eigenvalue weighted by Gasteiger charge is 2.33. The summed E-state index contributed by atoms with van der Waals surface area (Å²) in [6.07, 6.45) is 11.6. The molecule has 1 nitrogen and oxygen atoms in total. The summed E-state index contributed by atoms with van der Waals surface area (Å²) in [5.74, 6) is 1.96. The Bertz CT molecular complexity index is 293. The van der Waals surface area contributed by atoms with Crippen molar-refractivity contribution < 1.29 is 4.74 Å². The number of hydrogen-bond donors (Lipinski definition) is 0. The second kappa shape index (κ2) is 6.38. The van der Waals surface area contributed by atoms with Crippen LogP contribution in [0, 0.1) is 22.7 Å². The van der Waals surface area contributed by atoms with Crippen molar-refractivity contribution in [3.8, 4) is 0 Å². The van der Waals surface area contributed by atoms with Gasteiger partial charge in [-0.25, -0.2) is 0 Å². The lowest BCUT2D eigenvalue weighted by molar-refractivity contribution is 0.0632. The summed E-state index contributed by atoms with van der Waals surface area (Å²) in [7, 11) is 0. The normalized spacial score (nSPS) is 31.9. The molecule has 2 fully saturated rings. The molecule has 2 rings (SSSR count). The van der Waals surface area contributed by atoms with Crippen molar-refractivity contribution in [1.29, 1.82) is 0 Å². The lowest BCUT2D eigenvalue weighted by atomic mass is 9.77. The van der Waals surface area contributed by atoms with E-state index in [2.05, 4.69) is 34.6 Å². The van der Waals surface area contributed by atoms with Gasteiger partial charge in [0.2, 0.25) is 0 Å². The molecule has 118 valence electrons. The lowest BCUT2D eigenvalue weighted by Crippen LogP contribution is -2.23. The maximum absolute atomic E-state index is 5.84. The molecule has 0 amide bonds. The molecule has 2 unspecified atom stereocenters. The first-order chi connectivity index (χ1) is 9.23. The van der Waals surface area contributed by atoms with Crippen LogP contribution in [0.4, 0.5) is 0 Å². The van der Waals surface area contributed by atoms with Crippen LogP contribution in [-0.4, -0.2) is 12.7 Å². The summed E-state index contributed by atoms with van der Waals surface area (Å²) >= 11 is 0. The zero-order chi connectivity index (χ0) is 14.8. The third-order valence-corrected chi connectivity index (χ3v) is 5.20. The molecule has 3 atom stereocenters. The maximum atomic E-state index is 5.84. The van der Waals surface area contributed by atoms with Crippen LogP contribution in [0.2, 0.25) is 0 Å². The largest absolute Gasteiger partial charge is 0.378 e. The van der Waals surface area contributed by atoms with Crippen LogP contribution in [0.15, 0.2) is 0 Å². The lowest BCUT2D eigenvalue weighted by Gasteiger charge is -2.30. The van der Waals surface area contributed by atoms with Gasteiger partial charge in [-0.15, -0.1) is 0 Å². The molecule has 0 aromatic rings. The molecule has 0 bridgehead atoms. The predicted octanol–water partition coefficient (Wildman–Crippen LogP) is 5.82. The van der Waals surface area contributed by atoms with E-state index in [1.165, 1.54) is 51.4 Å². The minimum absolute atomic E-state index is 0.469. The number of ether oxygens (including phenoxy) is 1. The van der Waals surface area contributed by atoms with Crippen molar-refractivity contribution in [3.63, 3.8) is 0 Å². The molecule has 1 saturated carbocycles. The highest BCUT2D eigenvalue weighted by atomic mass is 16.5. The van der Waals surface area contributed by atoms with E-state index in [0.29, 0.717) is 16.9 Å². The smallest absolute Gasteiger partial charge is 0.0581 e. The molecule has 1 aliphatic heterocycles. The minimum atomic E-state index is 0.469. The molecule has 1 heteroatoms. The molecule has 2 aliphatic rings.